The van der Waals surface area contributed by atoms with Crippen molar-refractivity contribution in [2.45, 2.75) is 38.4 Å². The normalized spacial score (nSPS) is 21.7. The average Bonchev–Trinajstić information content (AvgIpc) is 2.90. The summed E-state index contributed by atoms with van der Waals surface area (Å²) in [4.78, 5) is 0. The lowest BCUT2D eigenvalue weighted by molar-refractivity contribution is 0.0187. The summed E-state index contributed by atoms with van der Waals surface area (Å²) in [7, 11) is 0. The largest absolute Gasteiger partial charge is 0.489 e. The van der Waals surface area contributed by atoms with Gasteiger partial charge in [-0.05, 0) is 31.9 Å². The Balaban J connectivity index is 1.78. The fraction of sp³-hybridized carbons (Fsp3) is 0.600. The zero-order valence-corrected chi connectivity index (χ0v) is 14.3. The molecular weight excluding hydrogens is 333 g/mol. The SMILES string of the molecule is CCCNCC1CCC(COc2cc(Cl)c(Cl)cc2Cl)O1. The molecule has 1 saturated heterocycles. The zero-order chi connectivity index (χ0) is 15.2. The van der Waals surface area contributed by atoms with E-state index >= 15 is 0 Å². The molecule has 2 rings (SSSR count). The van der Waals surface area contributed by atoms with Gasteiger partial charge >= 0.3 is 0 Å². The first-order valence-corrected chi connectivity index (χ1v) is 8.37. The van der Waals surface area contributed by atoms with Crippen molar-refractivity contribution in [3.05, 3.63) is 27.2 Å². The molecular formula is C15H20Cl3NO2. The molecule has 1 aliphatic heterocycles. The first-order valence-electron chi connectivity index (χ1n) is 7.23. The molecule has 2 unspecified atom stereocenters. The molecule has 2 atom stereocenters. The molecule has 1 aromatic rings. The van der Waals surface area contributed by atoms with Crippen LogP contribution in [-0.4, -0.2) is 31.9 Å². The van der Waals surface area contributed by atoms with Crippen LogP contribution in [0.3, 0.4) is 0 Å². The molecule has 3 nitrogen and oxygen atoms in total. The van der Waals surface area contributed by atoms with Gasteiger partial charge in [-0.1, -0.05) is 41.7 Å². The second-order valence-electron chi connectivity index (χ2n) is 5.17. The highest BCUT2D eigenvalue weighted by atomic mass is 35.5. The minimum atomic E-state index is 0.101. The molecule has 0 aromatic heterocycles. The van der Waals surface area contributed by atoms with Crippen LogP contribution in [-0.2, 0) is 4.74 Å². The molecule has 0 bridgehead atoms. The molecule has 0 aliphatic carbocycles. The van der Waals surface area contributed by atoms with Gasteiger partial charge in [0.1, 0.15) is 12.4 Å². The highest BCUT2D eigenvalue weighted by Gasteiger charge is 2.25. The van der Waals surface area contributed by atoms with Crippen molar-refractivity contribution in [2.75, 3.05) is 19.7 Å². The molecule has 21 heavy (non-hydrogen) atoms. The Hall–Kier alpha value is -0.190. The molecule has 0 radical (unpaired) electrons. The maximum atomic E-state index is 6.08. The fourth-order valence-electron chi connectivity index (χ4n) is 2.29. The first-order chi connectivity index (χ1) is 10.1. The monoisotopic (exact) mass is 351 g/mol. The summed E-state index contributed by atoms with van der Waals surface area (Å²) in [5, 5.41) is 4.70. The minimum absolute atomic E-state index is 0.101. The molecule has 1 fully saturated rings. The number of hydrogen-bond donors (Lipinski definition) is 1. The van der Waals surface area contributed by atoms with Crippen molar-refractivity contribution in [2.24, 2.45) is 0 Å². The topological polar surface area (TPSA) is 30.5 Å². The van der Waals surface area contributed by atoms with Crippen molar-refractivity contribution in [3.63, 3.8) is 0 Å². The second kappa shape index (κ2) is 8.44. The maximum absolute atomic E-state index is 6.08. The zero-order valence-electron chi connectivity index (χ0n) is 12.0. The van der Waals surface area contributed by atoms with Crippen molar-refractivity contribution in [1.82, 2.24) is 5.32 Å². The first kappa shape index (κ1) is 17.2. The molecule has 1 aromatic carbocycles. The van der Waals surface area contributed by atoms with Gasteiger partial charge in [0.2, 0.25) is 0 Å². The number of rotatable bonds is 7. The van der Waals surface area contributed by atoms with Crippen molar-refractivity contribution < 1.29 is 9.47 Å². The minimum Gasteiger partial charge on any atom is -0.489 e. The van der Waals surface area contributed by atoms with E-state index in [9.17, 15) is 0 Å². The molecule has 0 spiro atoms. The van der Waals surface area contributed by atoms with E-state index in [2.05, 4.69) is 12.2 Å². The van der Waals surface area contributed by atoms with Crippen LogP contribution in [0.4, 0.5) is 0 Å². The predicted octanol–water partition coefficient (Wildman–Crippen LogP) is 4.57. The highest BCUT2D eigenvalue weighted by Crippen LogP contribution is 2.34. The Morgan fingerprint density at radius 2 is 1.86 bits per heavy atom. The lowest BCUT2D eigenvalue weighted by Crippen LogP contribution is -2.28. The molecule has 118 valence electrons. The third kappa shape index (κ3) is 5.19. The van der Waals surface area contributed by atoms with Gasteiger partial charge in [0.15, 0.2) is 0 Å². The number of nitrogens with one attached hydrogen (secondary N) is 1. The van der Waals surface area contributed by atoms with Crippen molar-refractivity contribution in [3.8, 4) is 5.75 Å². The Kier molecular flexibility index (Phi) is 6.90. The summed E-state index contributed by atoms with van der Waals surface area (Å²) in [6.07, 6.45) is 3.56. The highest BCUT2D eigenvalue weighted by molar-refractivity contribution is 6.43. The van der Waals surface area contributed by atoms with Crippen LogP contribution in [0.2, 0.25) is 15.1 Å². The molecule has 1 heterocycles. The van der Waals surface area contributed by atoms with Crippen LogP contribution >= 0.6 is 34.8 Å². The Bertz CT molecular complexity index is 470. The van der Waals surface area contributed by atoms with Crippen LogP contribution in [0, 0.1) is 0 Å². The third-order valence-corrected chi connectivity index (χ3v) is 4.41. The second-order valence-corrected chi connectivity index (χ2v) is 6.39. The van der Waals surface area contributed by atoms with E-state index in [1.165, 1.54) is 0 Å². The van der Waals surface area contributed by atoms with Crippen molar-refractivity contribution >= 4 is 34.8 Å². The number of ether oxygens (including phenoxy) is 2. The standard InChI is InChI=1S/C15H20Cl3NO2/c1-2-5-19-8-10-3-4-11(21-10)9-20-15-7-13(17)12(16)6-14(15)18/h6-7,10-11,19H,2-5,8-9H2,1H3. The number of hydrogen-bond acceptors (Lipinski definition) is 3. The molecule has 0 amide bonds. The van der Waals surface area contributed by atoms with Crippen LogP contribution in [0.5, 0.6) is 5.75 Å². The van der Waals surface area contributed by atoms with Gasteiger partial charge in [-0.25, -0.2) is 0 Å². The Morgan fingerprint density at radius 3 is 2.62 bits per heavy atom. The number of halogens is 3. The van der Waals surface area contributed by atoms with Gasteiger partial charge in [0, 0.05) is 12.6 Å². The Labute approximate surface area is 140 Å². The van der Waals surface area contributed by atoms with Gasteiger partial charge in [0.05, 0.1) is 27.3 Å². The van der Waals surface area contributed by atoms with Crippen LogP contribution in [0.1, 0.15) is 26.2 Å². The van der Waals surface area contributed by atoms with E-state index in [0.29, 0.717) is 27.4 Å². The van der Waals surface area contributed by atoms with E-state index in [1.54, 1.807) is 12.1 Å². The van der Waals surface area contributed by atoms with E-state index < -0.39 is 0 Å². The summed E-state index contributed by atoms with van der Waals surface area (Å²) in [6.45, 7) is 4.56. The van der Waals surface area contributed by atoms with Crippen LogP contribution in [0.25, 0.3) is 0 Å². The Morgan fingerprint density at radius 1 is 1.14 bits per heavy atom. The molecule has 6 heteroatoms. The molecule has 1 aliphatic rings. The van der Waals surface area contributed by atoms with E-state index in [0.717, 1.165) is 32.4 Å². The number of benzene rings is 1. The molecule has 1 N–H and O–H groups in total. The summed E-state index contributed by atoms with van der Waals surface area (Å²) < 4.78 is 11.6. The fourth-order valence-corrected chi connectivity index (χ4v) is 2.88. The van der Waals surface area contributed by atoms with Gasteiger partial charge in [-0.15, -0.1) is 0 Å². The maximum Gasteiger partial charge on any atom is 0.139 e. The smallest absolute Gasteiger partial charge is 0.139 e. The third-order valence-electron chi connectivity index (χ3n) is 3.39. The average molecular weight is 353 g/mol. The van der Waals surface area contributed by atoms with Crippen LogP contribution < -0.4 is 10.1 Å². The summed E-state index contributed by atoms with van der Waals surface area (Å²) in [5.74, 6) is 0.544. The van der Waals surface area contributed by atoms with Gasteiger partial charge in [-0.2, -0.15) is 0 Å². The predicted molar refractivity (Wildman–Crippen MR) is 88.0 cm³/mol. The summed E-state index contributed by atoms with van der Waals surface area (Å²) >= 11 is 17.9. The lowest BCUT2D eigenvalue weighted by Gasteiger charge is -2.16. The van der Waals surface area contributed by atoms with Crippen molar-refractivity contribution in [1.29, 1.82) is 0 Å². The quantitative estimate of drug-likeness (QED) is 0.576. The van der Waals surface area contributed by atoms with Gasteiger partial charge in [0.25, 0.3) is 0 Å². The summed E-state index contributed by atoms with van der Waals surface area (Å²) in [6, 6.07) is 3.23. The van der Waals surface area contributed by atoms with E-state index in [4.69, 9.17) is 44.3 Å². The van der Waals surface area contributed by atoms with E-state index in [-0.39, 0.29) is 12.2 Å². The summed E-state index contributed by atoms with van der Waals surface area (Å²) in [5.41, 5.74) is 0. The van der Waals surface area contributed by atoms with Gasteiger partial charge in [-0.3, -0.25) is 0 Å². The lowest BCUT2D eigenvalue weighted by atomic mass is 10.2. The van der Waals surface area contributed by atoms with Crippen LogP contribution in [0.15, 0.2) is 12.1 Å². The molecule has 0 saturated carbocycles. The van der Waals surface area contributed by atoms with Gasteiger partial charge < -0.3 is 14.8 Å². The van der Waals surface area contributed by atoms with E-state index in [1.807, 2.05) is 0 Å².